The molecule has 0 saturated heterocycles. The zero-order valence-electron chi connectivity index (χ0n) is 23.6. The number of allylic oxidation sites excluding steroid dienone is 7. The highest BCUT2D eigenvalue weighted by molar-refractivity contribution is 7.99. The molecule has 0 saturated carbocycles. The Kier molecular flexibility index (Phi) is 8.57. The van der Waals surface area contributed by atoms with Gasteiger partial charge in [0.2, 0.25) is 0 Å². The maximum Gasteiger partial charge on any atom is 0.417 e. The van der Waals surface area contributed by atoms with E-state index in [0.717, 1.165) is 30.7 Å². The van der Waals surface area contributed by atoms with Gasteiger partial charge in [0.05, 0.1) is 5.56 Å². The lowest BCUT2D eigenvalue weighted by atomic mass is 9.83. The number of carbonyl (C=O) groups is 2. The normalized spacial score (nSPS) is 20.3. The molecule has 2 aromatic carbocycles. The number of amides is 1. The van der Waals surface area contributed by atoms with E-state index >= 15 is 0 Å². The molecular formula is C35H29F3N2O3S. The molecule has 1 heterocycles. The third kappa shape index (κ3) is 6.15. The van der Waals surface area contributed by atoms with Crippen molar-refractivity contribution in [3.63, 3.8) is 0 Å². The number of aldehydes is 1. The second-order valence-corrected chi connectivity index (χ2v) is 11.8. The van der Waals surface area contributed by atoms with Crippen LogP contribution in [0.15, 0.2) is 118 Å². The molecule has 3 aromatic rings. The second-order valence-electron chi connectivity index (χ2n) is 10.8. The number of halogens is 3. The molecule has 3 unspecified atom stereocenters. The number of alkyl halides is 3. The van der Waals surface area contributed by atoms with Gasteiger partial charge in [0, 0.05) is 35.0 Å². The van der Waals surface area contributed by atoms with Gasteiger partial charge in [0.25, 0.3) is 0 Å². The first-order chi connectivity index (χ1) is 21.3. The molecule has 0 bridgehead atoms. The number of carbonyl (C=O) groups excluding carboxylic acids is 2. The fourth-order valence-electron chi connectivity index (χ4n) is 6.20. The third-order valence-corrected chi connectivity index (χ3v) is 9.44. The van der Waals surface area contributed by atoms with Crippen molar-refractivity contribution < 1.29 is 27.5 Å². The van der Waals surface area contributed by atoms with E-state index in [-0.39, 0.29) is 52.0 Å². The molecule has 3 aliphatic rings. The predicted octanol–water partition coefficient (Wildman–Crippen LogP) is 8.59. The van der Waals surface area contributed by atoms with Gasteiger partial charge < -0.3 is 10.1 Å². The maximum absolute atomic E-state index is 14.5. The highest BCUT2D eigenvalue weighted by Crippen LogP contribution is 2.49. The van der Waals surface area contributed by atoms with Gasteiger partial charge in [0.1, 0.15) is 11.6 Å². The van der Waals surface area contributed by atoms with E-state index in [4.69, 9.17) is 4.74 Å². The quantitative estimate of drug-likeness (QED) is 0.258. The van der Waals surface area contributed by atoms with Crippen LogP contribution >= 0.6 is 11.8 Å². The summed E-state index contributed by atoms with van der Waals surface area (Å²) in [6.45, 7) is -0.0435. The van der Waals surface area contributed by atoms with Crippen LogP contribution in [0.5, 0.6) is 0 Å². The van der Waals surface area contributed by atoms with Gasteiger partial charge in [-0.15, -0.1) is 0 Å². The molecule has 0 fully saturated rings. The van der Waals surface area contributed by atoms with Crippen molar-refractivity contribution >= 4 is 24.1 Å². The van der Waals surface area contributed by atoms with Crippen molar-refractivity contribution in [1.29, 1.82) is 0 Å². The standard InChI is InChI=1S/C35H29F3N2O3S/c36-35(37,38)31-18-24(22-9-2-1-3-10-22)17-25(32(31)44-33-23(20-41)11-8-16-39-33)19-40-34(42)43-21-30-28-14-6-4-12-26(28)27-13-5-7-15-29(27)30/h1-6,8-14,16-18,20,26,28,30H,7,15,19,21H2,(H,40,42). The molecule has 0 aliphatic heterocycles. The molecule has 224 valence electrons. The van der Waals surface area contributed by atoms with E-state index in [1.165, 1.54) is 23.4 Å². The van der Waals surface area contributed by atoms with Crippen LogP contribution < -0.4 is 5.32 Å². The number of fused-ring (bicyclic) bond motifs is 2. The van der Waals surface area contributed by atoms with Gasteiger partial charge >= 0.3 is 12.3 Å². The number of ether oxygens (including phenoxy) is 1. The second kappa shape index (κ2) is 12.7. The third-order valence-electron chi connectivity index (χ3n) is 8.22. The van der Waals surface area contributed by atoms with Crippen LogP contribution in [0, 0.1) is 17.8 Å². The van der Waals surface area contributed by atoms with Crippen molar-refractivity contribution in [2.75, 3.05) is 6.61 Å². The van der Waals surface area contributed by atoms with Crippen LogP contribution in [-0.4, -0.2) is 24.0 Å². The van der Waals surface area contributed by atoms with Gasteiger partial charge in [-0.25, -0.2) is 9.78 Å². The number of alkyl carbamates (subject to hydrolysis) is 1. The summed E-state index contributed by atoms with van der Waals surface area (Å²) in [6.07, 6.45) is 11.2. The average Bonchev–Trinajstić information content (AvgIpc) is 3.36. The molecule has 1 N–H and O–H groups in total. The van der Waals surface area contributed by atoms with Crippen molar-refractivity contribution in [3.05, 3.63) is 125 Å². The van der Waals surface area contributed by atoms with Crippen molar-refractivity contribution in [2.24, 2.45) is 17.8 Å². The first-order valence-corrected chi connectivity index (χ1v) is 15.2. The molecule has 1 aromatic heterocycles. The van der Waals surface area contributed by atoms with E-state index in [9.17, 15) is 22.8 Å². The molecule has 0 spiro atoms. The number of hydrogen-bond donors (Lipinski definition) is 1. The number of hydrogen-bond acceptors (Lipinski definition) is 5. The van der Waals surface area contributed by atoms with Crippen molar-refractivity contribution in [3.8, 4) is 11.1 Å². The summed E-state index contributed by atoms with van der Waals surface area (Å²) in [5.74, 6) is 0.500. The summed E-state index contributed by atoms with van der Waals surface area (Å²) < 4.78 is 49.3. The number of aromatic nitrogens is 1. The van der Waals surface area contributed by atoms with Crippen LogP contribution in [-0.2, 0) is 17.5 Å². The summed E-state index contributed by atoms with van der Waals surface area (Å²) in [7, 11) is 0. The highest BCUT2D eigenvalue weighted by Gasteiger charge is 2.41. The van der Waals surface area contributed by atoms with Gasteiger partial charge in [0.15, 0.2) is 6.29 Å². The van der Waals surface area contributed by atoms with E-state index in [2.05, 4.69) is 34.6 Å². The van der Waals surface area contributed by atoms with E-state index in [0.29, 0.717) is 17.4 Å². The van der Waals surface area contributed by atoms with E-state index in [1.54, 1.807) is 42.5 Å². The van der Waals surface area contributed by atoms with Gasteiger partial charge in [-0.3, -0.25) is 4.79 Å². The minimum Gasteiger partial charge on any atom is -0.449 e. The van der Waals surface area contributed by atoms with Crippen molar-refractivity contribution in [1.82, 2.24) is 10.3 Å². The van der Waals surface area contributed by atoms with Gasteiger partial charge in [-0.05, 0) is 65.3 Å². The highest BCUT2D eigenvalue weighted by atomic mass is 32.2. The summed E-state index contributed by atoms with van der Waals surface area (Å²) in [4.78, 5) is 28.7. The fourth-order valence-corrected chi connectivity index (χ4v) is 7.28. The minimum absolute atomic E-state index is 0.0437. The van der Waals surface area contributed by atoms with E-state index < -0.39 is 17.8 Å². The molecule has 3 atom stereocenters. The Labute approximate surface area is 257 Å². The Morgan fingerprint density at radius 2 is 1.89 bits per heavy atom. The van der Waals surface area contributed by atoms with E-state index in [1.807, 2.05) is 12.2 Å². The smallest absolute Gasteiger partial charge is 0.417 e. The number of rotatable bonds is 8. The van der Waals surface area contributed by atoms with Crippen LogP contribution in [0.3, 0.4) is 0 Å². The molecule has 5 nitrogen and oxygen atoms in total. The monoisotopic (exact) mass is 614 g/mol. The topological polar surface area (TPSA) is 68.3 Å². The predicted molar refractivity (Wildman–Crippen MR) is 163 cm³/mol. The average molecular weight is 615 g/mol. The first kappa shape index (κ1) is 29.7. The molecule has 44 heavy (non-hydrogen) atoms. The Hall–Kier alpha value is -4.37. The number of nitrogens with zero attached hydrogens (tertiary/aromatic N) is 1. The van der Waals surface area contributed by atoms with Gasteiger partial charge in [-0.2, -0.15) is 13.2 Å². The number of pyridine rings is 1. The summed E-state index contributed by atoms with van der Waals surface area (Å²) in [5, 5.41) is 2.82. The molecule has 3 aliphatic carbocycles. The molecular weight excluding hydrogens is 585 g/mol. The molecule has 0 radical (unpaired) electrons. The lowest BCUT2D eigenvalue weighted by molar-refractivity contribution is -0.139. The lowest BCUT2D eigenvalue weighted by Gasteiger charge is -2.24. The molecule has 6 rings (SSSR count). The number of nitrogens with one attached hydrogen (secondary N) is 1. The zero-order valence-corrected chi connectivity index (χ0v) is 24.4. The summed E-state index contributed by atoms with van der Waals surface area (Å²) >= 11 is 0.752. The van der Waals surface area contributed by atoms with Gasteiger partial charge in [-0.1, -0.05) is 84.1 Å². The number of benzene rings is 2. The molecule has 1 amide bonds. The maximum atomic E-state index is 14.5. The Morgan fingerprint density at radius 1 is 1.07 bits per heavy atom. The van der Waals surface area contributed by atoms with Crippen LogP contribution in [0.25, 0.3) is 11.1 Å². The first-order valence-electron chi connectivity index (χ1n) is 14.4. The largest absolute Gasteiger partial charge is 0.449 e. The summed E-state index contributed by atoms with van der Waals surface area (Å²) in [5.41, 5.74) is 3.06. The van der Waals surface area contributed by atoms with Crippen molar-refractivity contribution in [2.45, 2.75) is 35.5 Å². The minimum atomic E-state index is -4.71. The van der Waals surface area contributed by atoms with Crippen LogP contribution in [0.4, 0.5) is 18.0 Å². The Balaban J connectivity index is 1.27. The zero-order chi connectivity index (χ0) is 30.7. The summed E-state index contributed by atoms with van der Waals surface area (Å²) in [6, 6.07) is 14.5. The lowest BCUT2D eigenvalue weighted by Crippen LogP contribution is -2.29. The Morgan fingerprint density at radius 3 is 2.68 bits per heavy atom. The SMILES string of the molecule is O=Cc1cccnc1Sc1c(CNC(=O)OCC2C3=C(C=CCC3)C3C=CC=CC32)cc(-c2ccccc2)cc1C(F)(F)F. The van der Waals surface area contributed by atoms with Crippen LogP contribution in [0.2, 0.25) is 0 Å². The van der Waals surface area contributed by atoms with Crippen LogP contribution in [0.1, 0.15) is 34.3 Å². The molecule has 9 heteroatoms. The fraction of sp³-hybridized carbons (Fsp3) is 0.229. The Bertz CT molecular complexity index is 1690.